The van der Waals surface area contributed by atoms with Gasteiger partial charge < -0.3 is 10.1 Å². The first-order valence-corrected chi connectivity index (χ1v) is 8.58. The molecule has 2 aromatic rings. The summed E-state index contributed by atoms with van der Waals surface area (Å²) in [6.07, 6.45) is 4.59. The van der Waals surface area contributed by atoms with Gasteiger partial charge in [0.1, 0.15) is 5.75 Å². The van der Waals surface area contributed by atoms with Crippen LogP contribution in [0.5, 0.6) is 5.75 Å². The third kappa shape index (κ3) is 3.33. The Morgan fingerprint density at radius 1 is 1.30 bits per heavy atom. The molecule has 0 bridgehead atoms. The molecule has 2 heterocycles. The molecule has 1 aromatic carbocycles. The van der Waals surface area contributed by atoms with E-state index >= 15 is 0 Å². The monoisotopic (exact) mass is 333 g/mol. The molecule has 2 aliphatic rings. The van der Waals surface area contributed by atoms with Crippen molar-refractivity contribution in [1.82, 2.24) is 25.5 Å². The Kier molecular flexibility index (Phi) is 4.18. The van der Waals surface area contributed by atoms with Gasteiger partial charge in [-0.3, -0.25) is 0 Å². The van der Waals surface area contributed by atoms with Crippen LogP contribution in [0.4, 0.5) is 0 Å². The molecule has 1 atom stereocenters. The van der Waals surface area contributed by atoms with Crippen LogP contribution in [0.25, 0.3) is 0 Å². The van der Waals surface area contributed by atoms with E-state index in [1.807, 2.05) is 16.8 Å². The van der Waals surface area contributed by atoms with Gasteiger partial charge in [-0.2, -0.15) is 0 Å². The smallest absolute Gasteiger partial charge is 0.165 e. The van der Waals surface area contributed by atoms with Gasteiger partial charge in [0.15, 0.2) is 5.82 Å². The second-order valence-corrected chi connectivity index (χ2v) is 6.71. The molecular formula is C16H20ClN5O. The second-order valence-electron chi connectivity index (χ2n) is 6.30. The van der Waals surface area contributed by atoms with Crippen LogP contribution in [0, 0.1) is 5.92 Å². The first kappa shape index (κ1) is 14.9. The summed E-state index contributed by atoms with van der Waals surface area (Å²) in [5.41, 5.74) is 1.12. The highest BCUT2D eigenvalue weighted by Crippen LogP contribution is 2.37. The van der Waals surface area contributed by atoms with E-state index in [2.05, 4.69) is 26.9 Å². The summed E-state index contributed by atoms with van der Waals surface area (Å²) in [5.74, 6) is 2.45. The molecule has 0 saturated heterocycles. The zero-order valence-corrected chi connectivity index (χ0v) is 13.7. The molecule has 4 rings (SSSR count). The fourth-order valence-corrected chi connectivity index (χ4v) is 3.27. The number of rotatable bonds is 5. The molecular weight excluding hydrogens is 314 g/mol. The largest absolute Gasteiger partial charge is 0.492 e. The Morgan fingerprint density at radius 3 is 3.09 bits per heavy atom. The van der Waals surface area contributed by atoms with E-state index in [-0.39, 0.29) is 6.04 Å². The molecule has 23 heavy (non-hydrogen) atoms. The lowest BCUT2D eigenvalue weighted by Crippen LogP contribution is -2.23. The Hall–Kier alpha value is -1.66. The van der Waals surface area contributed by atoms with Gasteiger partial charge in [-0.25, -0.2) is 4.68 Å². The van der Waals surface area contributed by atoms with E-state index in [4.69, 9.17) is 16.3 Å². The molecule has 1 aliphatic heterocycles. The Morgan fingerprint density at radius 2 is 2.22 bits per heavy atom. The summed E-state index contributed by atoms with van der Waals surface area (Å²) in [6.45, 7) is 2.28. The molecule has 0 spiro atoms. The number of para-hydroxylation sites is 1. The Bertz CT molecular complexity index is 685. The standard InChI is InChI=1S/C16H20ClN5O/c17-13-4-1-3-12-14(5-2-8-23-16(12)13)18-9-15-19-20-21-22(15)10-11-6-7-11/h1,3-4,11,14,18H,2,5-10H2. The first-order chi connectivity index (χ1) is 11.3. The van der Waals surface area contributed by atoms with Gasteiger partial charge in [0.05, 0.1) is 18.2 Å². The van der Waals surface area contributed by atoms with Crippen LogP contribution in [0.1, 0.15) is 43.1 Å². The van der Waals surface area contributed by atoms with Crippen LogP contribution < -0.4 is 10.1 Å². The minimum Gasteiger partial charge on any atom is -0.492 e. The molecule has 7 heteroatoms. The third-order valence-corrected chi connectivity index (χ3v) is 4.79. The molecule has 0 radical (unpaired) electrons. The van der Waals surface area contributed by atoms with Crippen LogP contribution >= 0.6 is 11.6 Å². The predicted molar refractivity (Wildman–Crippen MR) is 86.3 cm³/mol. The van der Waals surface area contributed by atoms with Crippen LogP contribution in [0.15, 0.2) is 18.2 Å². The number of hydrogen-bond donors (Lipinski definition) is 1. The highest BCUT2D eigenvalue weighted by Gasteiger charge is 2.25. The molecule has 1 saturated carbocycles. The number of hydrogen-bond acceptors (Lipinski definition) is 5. The summed E-state index contributed by atoms with van der Waals surface area (Å²) in [4.78, 5) is 0. The van der Waals surface area contributed by atoms with Gasteiger partial charge in [0, 0.05) is 18.2 Å². The number of halogens is 1. The maximum absolute atomic E-state index is 6.28. The van der Waals surface area contributed by atoms with Crippen LogP contribution in [0.2, 0.25) is 5.02 Å². The third-order valence-electron chi connectivity index (χ3n) is 4.50. The maximum Gasteiger partial charge on any atom is 0.165 e. The Labute approximate surface area is 140 Å². The van der Waals surface area contributed by atoms with E-state index in [0.29, 0.717) is 18.2 Å². The van der Waals surface area contributed by atoms with Crippen LogP contribution in [0.3, 0.4) is 0 Å². The van der Waals surface area contributed by atoms with Crippen molar-refractivity contribution >= 4 is 11.6 Å². The number of tetrazole rings is 1. The fraction of sp³-hybridized carbons (Fsp3) is 0.562. The van der Waals surface area contributed by atoms with Gasteiger partial charge in [-0.05, 0) is 48.1 Å². The number of nitrogens with zero attached hydrogens (tertiary/aromatic N) is 4. The summed E-state index contributed by atoms with van der Waals surface area (Å²) >= 11 is 6.28. The molecule has 1 aromatic heterocycles. The van der Waals surface area contributed by atoms with Gasteiger partial charge in [0.2, 0.25) is 0 Å². The van der Waals surface area contributed by atoms with Gasteiger partial charge in [-0.1, -0.05) is 23.7 Å². The summed E-state index contributed by atoms with van der Waals surface area (Å²) in [5, 5.41) is 16.3. The molecule has 1 unspecified atom stereocenters. The number of ether oxygens (including phenoxy) is 1. The molecule has 1 fully saturated rings. The SMILES string of the molecule is Clc1cccc2c1OCCCC2NCc1nnnn1CC1CC1. The maximum atomic E-state index is 6.28. The van der Waals surface area contributed by atoms with Gasteiger partial charge >= 0.3 is 0 Å². The van der Waals surface area contributed by atoms with E-state index in [1.165, 1.54) is 12.8 Å². The average Bonchev–Trinajstić information content (AvgIpc) is 3.29. The Balaban J connectivity index is 1.48. The zero-order chi connectivity index (χ0) is 15.6. The highest BCUT2D eigenvalue weighted by atomic mass is 35.5. The molecule has 0 amide bonds. The first-order valence-electron chi connectivity index (χ1n) is 8.21. The highest BCUT2D eigenvalue weighted by molar-refractivity contribution is 6.32. The average molecular weight is 334 g/mol. The summed E-state index contributed by atoms with van der Waals surface area (Å²) in [6, 6.07) is 6.13. The lowest BCUT2D eigenvalue weighted by atomic mass is 10.0. The van der Waals surface area contributed by atoms with E-state index in [9.17, 15) is 0 Å². The fourth-order valence-electron chi connectivity index (χ4n) is 3.03. The number of aromatic nitrogens is 4. The van der Waals surface area contributed by atoms with Gasteiger partial charge in [-0.15, -0.1) is 5.10 Å². The van der Waals surface area contributed by atoms with Crippen molar-refractivity contribution in [2.24, 2.45) is 5.92 Å². The van der Waals surface area contributed by atoms with Crippen molar-refractivity contribution in [1.29, 1.82) is 0 Å². The minimum atomic E-state index is 0.206. The van der Waals surface area contributed by atoms with Crippen LogP contribution in [-0.2, 0) is 13.1 Å². The predicted octanol–water partition coefficient (Wildman–Crippen LogP) is 2.74. The summed E-state index contributed by atoms with van der Waals surface area (Å²) in [7, 11) is 0. The molecule has 6 nitrogen and oxygen atoms in total. The molecule has 1 aliphatic carbocycles. The van der Waals surface area contributed by atoms with Crippen LogP contribution in [-0.4, -0.2) is 26.8 Å². The van der Waals surface area contributed by atoms with Crippen molar-refractivity contribution in [3.05, 3.63) is 34.6 Å². The zero-order valence-electron chi connectivity index (χ0n) is 12.9. The molecule has 1 N–H and O–H groups in total. The summed E-state index contributed by atoms with van der Waals surface area (Å²) < 4.78 is 7.74. The normalized spacial score (nSPS) is 20.7. The number of nitrogens with one attached hydrogen (secondary N) is 1. The lowest BCUT2D eigenvalue weighted by Gasteiger charge is -2.18. The number of fused-ring (bicyclic) bond motifs is 1. The second kappa shape index (κ2) is 6.45. The van der Waals surface area contributed by atoms with Crippen molar-refractivity contribution in [2.45, 2.75) is 44.8 Å². The van der Waals surface area contributed by atoms with E-state index < -0.39 is 0 Å². The minimum absolute atomic E-state index is 0.206. The van der Waals surface area contributed by atoms with Crippen molar-refractivity contribution in [3.8, 4) is 5.75 Å². The van der Waals surface area contributed by atoms with Gasteiger partial charge in [0.25, 0.3) is 0 Å². The van der Waals surface area contributed by atoms with Crippen molar-refractivity contribution in [2.75, 3.05) is 6.61 Å². The number of benzene rings is 1. The lowest BCUT2D eigenvalue weighted by molar-refractivity contribution is 0.315. The quantitative estimate of drug-likeness (QED) is 0.911. The topological polar surface area (TPSA) is 64.9 Å². The van der Waals surface area contributed by atoms with E-state index in [0.717, 1.165) is 42.4 Å². The molecule has 122 valence electrons. The van der Waals surface area contributed by atoms with Crippen molar-refractivity contribution in [3.63, 3.8) is 0 Å². The van der Waals surface area contributed by atoms with E-state index in [1.54, 1.807) is 0 Å². The van der Waals surface area contributed by atoms with Crippen molar-refractivity contribution < 1.29 is 4.74 Å².